The van der Waals surface area contributed by atoms with Gasteiger partial charge in [-0.15, -0.1) is 71.0 Å². The Morgan fingerprint density at radius 3 is 2.07 bits per heavy atom. The van der Waals surface area contributed by atoms with Crippen molar-refractivity contribution in [2.75, 3.05) is 0 Å². The van der Waals surface area contributed by atoms with Gasteiger partial charge in [0.25, 0.3) is 0 Å². The van der Waals surface area contributed by atoms with Crippen LogP contribution in [-0.4, -0.2) is 18.0 Å². The molecule has 0 saturated heterocycles. The molecule has 0 fully saturated rings. The first kappa shape index (κ1) is 41.7. The van der Waals surface area contributed by atoms with E-state index in [0.717, 1.165) is 28.9 Å². The van der Waals surface area contributed by atoms with Gasteiger partial charge in [0.15, 0.2) is 0 Å². The van der Waals surface area contributed by atoms with Crippen LogP contribution in [0.5, 0.6) is 0 Å². The van der Waals surface area contributed by atoms with Gasteiger partial charge in [-0.25, -0.2) is 0 Å². The maximum atomic E-state index is 4.90. The van der Waals surface area contributed by atoms with E-state index in [0.29, 0.717) is 5.92 Å². The summed E-state index contributed by atoms with van der Waals surface area (Å²) in [7, 11) is -1.34. The molecule has 6 aromatic carbocycles. The second-order valence-electron chi connectivity index (χ2n) is 16.8. The van der Waals surface area contributed by atoms with E-state index >= 15 is 0 Å². The van der Waals surface area contributed by atoms with E-state index in [1.165, 1.54) is 78.9 Å². The fraction of sp³-hybridized carbons (Fsp3) is 0.148. The van der Waals surface area contributed by atoms with Crippen molar-refractivity contribution in [3.05, 3.63) is 175 Å². The molecule has 0 N–H and O–H groups in total. The van der Waals surface area contributed by atoms with Gasteiger partial charge in [-0.2, -0.15) is 11.3 Å². The van der Waals surface area contributed by atoms with Crippen molar-refractivity contribution in [3.8, 4) is 44.8 Å². The van der Waals surface area contributed by atoms with Gasteiger partial charge in [0.2, 0.25) is 0 Å². The molecule has 0 aliphatic heterocycles. The Kier molecular flexibility index (Phi) is 12.1. The number of hydrogen-bond donors (Lipinski definition) is 0. The number of aromatic nitrogens is 2. The van der Waals surface area contributed by atoms with Crippen molar-refractivity contribution in [2.24, 2.45) is 5.92 Å². The van der Waals surface area contributed by atoms with Crippen LogP contribution in [-0.2, 0) is 26.5 Å². The second kappa shape index (κ2) is 17.5. The van der Waals surface area contributed by atoms with Crippen LogP contribution in [0, 0.1) is 25.0 Å². The molecular weight excluding hydrogens is 961 g/mol. The molecule has 0 aliphatic carbocycles. The molecule has 0 aliphatic rings. The van der Waals surface area contributed by atoms with Crippen LogP contribution in [0.3, 0.4) is 0 Å². The van der Waals surface area contributed by atoms with Gasteiger partial charge in [-0.3, -0.25) is 0 Å². The summed E-state index contributed by atoms with van der Waals surface area (Å²) in [6, 6.07) is 56.4. The van der Waals surface area contributed by atoms with Gasteiger partial charge >= 0.3 is 0 Å². The minimum absolute atomic E-state index is 0. The summed E-state index contributed by atoms with van der Waals surface area (Å²) < 4.78 is 5.22. The maximum Gasteiger partial charge on any atom is 0.0798 e. The summed E-state index contributed by atoms with van der Waals surface area (Å²) >= 11 is 3.73. The molecule has 1 radical (unpaired) electrons. The number of thiophene rings is 2. The summed E-state index contributed by atoms with van der Waals surface area (Å²) in [6.07, 6.45) is 5.24. The third-order valence-electron chi connectivity index (χ3n) is 11.0. The van der Waals surface area contributed by atoms with E-state index in [4.69, 9.17) is 4.98 Å². The van der Waals surface area contributed by atoms with Crippen LogP contribution in [0.4, 0.5) is 0 Å². The molecule has 0 amide bonds. The molecule has 299 valence electrons. The first-order valence-electron chi connectivity index (χ1n) is 20.4. The van der Waals surface area contributed by atoms with Crippen molar-refractivity contribution in [1.29, 1.82) is 0 Å². The molecule has 10 rings (SSSR count). The number of rotatable bonds is 7. The molecule has 0 bridgehead atoms. The third kappa shape index (κ3) is 8.33. The molecule has 60 heavy (non-hydrogen) atoms. The molecule has 10 aromatic rings. The molecule has 0 saturated carbocycles. The van der Waals surface area contributed by atoms with E-state index in [2.05, 4.69) is 173 Å². The molecule has 4 aromatic heterocycles. The number of hydrogen-bond acceptors (Lipinski definition) is 4. The van der Waals surface area contributed by atoms with Crippen LogP contribution in [0.15, 0.2) is 152 Å². The molecule has 0 spiro atoms. The first-order chi connectivity index (χ1) is 28.6. The Labute approximate surface area is 376 Å². The van der Waals surface area contributed by atoms with Gasteiger partial charge in [0.1, 0.15) is 0 Å². The normalized spacial score (nSPS) is 11.6. The van der Waals surface area contributed by atoms with Gasteiger partial charge in [-0.05, 0) is 80.3 Å². The minimum atomic E-state index is -1.34. The molecule has 0 atom stereocenters. The molecule has 4 heterocycles. The molecule has 6 heteroatoms. The molecule has 0 unspecified atom stereocenters. The number of pyridine rings is 2. The average molecular weight is 1010 g/mol. The minimum Gasteiger partial charge on any atom is -0.305 e. The van der Waals surface area contributed by atoms with Crippen molar-refractivity contribution < 1.29 is 20.1 Å². The predicted molar refractivity (Wildman–Crippen MR) is 260 cm³/mol. The van der Waals surface area contributed by atoms with E-state index in [1.54, 1.807) is 0 Å². The topological polar surface area (TPSA) is 25.8 Å². The number of nitrogens with zero attached hydrogens (tertiary/aromatic N) is 2. The van der Waals surface area contributed by atoms with E-state index in [-0.39, 0.29) is 20.1 Å². The standard InChI is InChI=1S/C36H22NS2.C18H24NSi.Ir/c1-22-19-32(37-21-31(22)23-9-3-2-4-10-23)30-15-8-14-29-27-18-17-24(20-34(27)39-36(29)30)25-12-7-13-28-26-11-5-6-16-33(26)38-35(25)28;1-14(2)11-16-12-17(15-9-7-6-8-10-15)19-13-18(16)20(3,4)5;/h2-14,16-21H,1H3;6-9,12-14H,11H2,1-5H3;/q2*-1;. The van der Waals surface area contributed by atoms with Gasteiger partial charge < -0.3 is 9.97 Å². The monoisotopic (exact) mass is 1010 g/mol. The Morgan fingerprint density at radius 1 is 0.583 bits per heavy atom. The number of fused-ring (bicyclic) bond motifs is 6. The van der Waals surface area contributed by atoms with Gasteiger partial charge in [0, 0.05) is 62.9 Å². The second-order valence-corrected chi connectivity index (χ2v) is 23.9. The van der Waals surface area contributed by atoms with Crippen molar-refractivity contribution in [3.63, 3.8) is 0 Å². The zero-order chi connectivity index (χ0) is 40.7. The van der Waals surface area contributed by atoms with Crippen molar-refractivity contribution in [1.82, 2.24) is 9.97 Å². The summed E-state index contributed by atoms with van der Waals surface area (Å²) in [5.74, 6) is 0.667. The summed E-state index contributed by atoms with van der Waals surface area (Å²) in [6.45, 7) is 13.9. The van der Waals surface area contributed by atoms with Crippen LogP contribution in [0.1, 0.15) is 25.0 Å². The predicted octanol–water partition coefficient (Wildman–Crippen LogP) is 15.2. The van der Waals surface area contributed by atoms with E-state index < -0.39 is 8.07 Å². The zero-order valence-electron chi connectivity index (χ0n) is 34.8. The Bertz CT molecular complexity index is 3110. The quantitative estimate of drug-likeness (QED) is 0.117. The smallest absolute Gasteiger partial charge is 0.0798 e. The van der Waals surface area contributed by atoms with E-state index in [9.17, 15) is 0 Å². The molecular formula is C54H46IrN2S2Si-2. The fourth-order valence-corrected chi connectivity index (χ4v) is 12.2. The summed E-state index contributed by atoms with van der Waals surface area (Å²) in [5, 5.41) is 6.72. The van der Waals surface area contributed by atoms with Crippen molar-refractivity contribution >= 4 is 76.3 Å². The summed E-state index contributed by atoms with van der Waals surface area (Å²) in [4.78, 5) is 9.59. The van der Waals surface area contributed by atoms with Gasteiger partial charge in [-0.1, -0.05) is 135 Å². The van der Waals surface area contributed by atoms with Crippen molar-refractivity contribution in [2.45, 2.75) is 46.8 Å². The Morgan fingerprint density at radius 2 is 1.30 bits per heavy atom. The van der Waals surface area contributed by atoms with Gasteiger partial charge in [0.05, 0.1) is 8.07 Å². The number of aryl methyl sites for hydroxylation is 1. The largest absolute Gasteiger partial charge is 0.305 e. The van der Waals surface area contributed by atoms with Crippen LogP contribution in [0.2, 0.25) is 19.6 Å². The maximum absolute atomic E-state index is 4.90. The van der Waals surface area contributed by atoms with Crippen LogP contribution >= 0.6 is 22.7 Å². The third-order valence-corrected chi connectivity index (χ3v) is 15.5. The Hall–Kier alpha value is -5.07. The first-order valence-corrected chi connectivity index (χ1v) is 25.5. The van der Waals surface area contributed by atoms with Crippen LogP contribution < -0.4 is 5.19 Å². The SMILES string of the molecule is CC(C)Cc1cc(-c2[c-]cccc2)ncc1[Si](C)(C)C.Cc1cc(-c2[c-]ccc3c2sc2cc(-c4cccc5c4sc4ccccc45)ccc23)ncc1-c1ccccc1.[Ir]. The number of benzene rings is 6. The average Bonchev–Trinajstić information content (AvgIpc) is 3.82. The molecule has 2 nitrogen and oxygen atoms in total. The fourth-order valence-electron chi connectivity index (χ4n) is 8.17. The van der Waals surface area contributed by atoms with Crippen LogP contribution in [0.25, 0.3) is 85.1 Å². The van der Waals surface area contributed by atoms with E-state index in [1.807, 2.05) is 59.2 Å². The summed E-state index contributed by atoms with van der Waals surface area (Å²) in [5.41, 5.74) is 11.8. The zero-order valence-corrected chi connectivity index (χ0v) is 39.8. The Balaban J connectivity index is 0.000000202.